The van der Waals surface area contributed by atoms with Crippen LogP contribution in [0.4, 0.5) is 5.69 Å². The zero-order valence-corrected chi connectivity index (χ0v) is 10.1. The van der Waals surface area contributed by atoms with Crippen LogP contribution >= 0.6 is 0 Å². The Hall–Kier alpha value is -2.37. The SMILES string of the molecule is O=C1CCCC(O)=C1N=Nc1ccc2c(c1)OCO2. The number of Topliss-reactive ketones (excluding diaryl/α,β-unsaturated/α-hetero) is 1. The molecule has 0 amide bonds. The predicted octanol–water partition coefficient (Wildman–Crippen LogP) is 3.02. The molecule has 1 aromatic rings. The third kappa shape index (κ3) is 2.29. The number of rotatable bonds is 2. The van der Waals surface area contributed by atoms with Crippen molar-refractivity contribution in [2.24, 2.45) is 10.2 Å². The first-order valence-electron chi connectivity index (χ1n) is 6.01. The molecule has 0 atom stereocenters. The van der Waals surface area contributed by atoms with Gasteiger partial charge < -0.3 is 14.6 Å². The van der Waals surface area contributed by atoms with Crippen LogP contribution < -0.4 is 9.47 Å². The second-order valence-electron chi connectivity index (χ2n) is 4.31. The van der Waals surface area contributed by atoms with Gasteiger partial charge in [-0.3, -0.25) is 4.79 Å². The van der Waals surface area contributed by atoms with E-state index in [0.717, 1.165) is 0 Å². The van der Waals surface area contributed by atoms with Gasteiger partial charge in [0.05, 0.1) is 5.69 Å². The third-order valence-corrected chi connectivity index (χ3v) is 2.98. The summed E-state index contributed by atoms with van der Waals surface area (Å²) in [6.45, 7) is 0.195. The number of allylic oxidation sites excluding steroid dienone is 2. The summed E-state index contributed by atoms with van der Waals surface area (Å²) in [6.07, 6.45) is 1.54. The Kier molecular flexibility index (Phi) is 2.91. The first-order chi connectivity index (χ1) is 9.24. The summed E-state index contributed by atoms with van der Waals surface area (Å²) in [5.74, 6) is 1.10. The molecular weight excluding hydrogens is 248 g/mol. The van der Waals surface area contributed by atoms with E-state index in [4.69, 9.17) is 9.47 Å². The lowest BCUT2D eigenvalue weighted by Crippen LogP contribution is -2.09. The first-order valence-corrected chi connectivity index (χ1v) is 6.01. The summed E-state index contributed by atoms with van der Waals surface area (Å²) in [6, 6.07) is 5.12. The van der Waals surface area contributed by atoms with Crippen molar-refractivity contribution in [3.8, 4) is 11.5 Å². The molecule has 0 aromatic heterocycles. The van der Waals surface area contributed by atoms with Crippen LogP contribution in [0.2, 0.25) is 0 Å². The minimum Gasteiger partial charge on any atom is -0.510 e. The van der Waals surface area contributed by atoms with Gasteiger partial charge in [0.2, 0.25) is 6.79 Å². The summed E-state index contributed by atoms with van der Waals surface area (Å²) in [5, 5.41) is 17.4. The predicted molar refractivity (Wildman–Crippen MR) is 65.6 cm³/mol. The maximum Gasteiger partial charge on any atom is 0.231 e. The fourth-order valence-corrected chi connectivity index (χ4v) is 1.98. The number of carbonyl (C=O) groups excluding carboxylic acids is 1. The van der Waals surface area contributed by atoms with Gasteiger partial charge in [-0.15, -0.1) is 5.11 Å². The number of ether oxygens (including phenoxy) is 2. The number of hydrogen-bond acceptors (Lipinski definition) is 6. The van der Waals surface area contributed by atoms with Gasteiger partial charge in [0, 0.05) is 18.9 Å². The minimum absolute atomic E-state index is 0.0146. The molecule has 1 N–H and O–H groups in total. The van der Waals surface area contributed by atoms with Gasteiger partial charge in [-0.05, 0) is 18.6 Å². The van der Waals surface area contributed by atoms with E-state index in [0.29, 0.717) is 36.4 Å². The summed E-state index contributed by atoms with van der Waals surface area (Å²) in [4.78, 5) is 11.6. The Labute approximate surface area is 109 Å². The standard InChI is InChI=1S/C13H12N2O4/c16-9-2-1-3-10(17)13(9)15-14-8-4-5-11-12(6-8)19-7-18-11/h4-6,16H,1-3,7H2. The van der Waals surface area contributed by atoms with Crippen LogP contribution in [-0.2, 0) is 4.79 Å². The molecule has 0 unspecified atom stereocenters. The van der Waals surface area contributed by atoms with Crippen LogP contribution in [0.1, 0.15) is 19.3 Å². The second-order valence-corrected chi connectivity index (χ2v) is 4.31. The number of fused-ring (bicyclic) bond motifs is 1. The van der Waals surface area contributed by atoms with Crippen molar-refractivity contribution in [2.45, 2.75) is 19.3 Å². The van der Waals surface area contributed by atoms with Crippen molar-refractivity contribution >= 4 is 11.5 Å². The molecule has 3 rings (SSSR count). The van der Waals surface area contributed by atoms with Gasteiger partial charge in [-0.2, -0.15) is 5.11 Å². The van der Waals surface area contributed by atoms with Gasteiger partial charge in [0.25, 0.3) is 0 Å². The normalized spacial score (nSPS) is 18.4. The van der Waals surface area contributed by atoms with Gasteiger partial charge in [0.1, 0.15) is 5.76 Å². The van der Waals surface area contributed by atoms with E-state index in [1.54, 1.807) is 18.2 Å². The minimum atomic E-state index is -0.173. The van der Waals surface area contributed by atoms with Crippen LogP contribution in [-0.4, -0.2) is 17.7 Å². The van der Waals surface area contributed by atoms with Gasteiger partial charge in [-0.25, -0.2) is 0 Å². The van der Waals surface area contributed by atoms with E-state index >= 15 is 0 Å². The summed E-state index contributed by atoms with van der Waals surface area (Å²) in [7, 11) is 0. The molecule has 0 radical (unpaired) electrons. The van der Waals surface area contributed by atoms with E-state index in [1.807, 2.05) is 0 Å². The van der Waals surface area contributed by atoms with E-state index in [-0.39, 0.29) is 24.0 Å². The maximum atomic E-state index is 11.6. The zero-order valence-electron chi connectivity index (χ0n) is 10.1. The fraction of sp³-hybridized carbons (Fsp3) is 0.308. The molecule has 6 heteroatoms. The molecule has 1 aliphatic carbocycles. The van der Waals surface area contributed by atoms with Crippen molar-refractivity contribution in [1.29, 1.82) is 0 Å². The summed E-state index contributed by atoms with van der Waals surface area (Å²) < 4.78 is 10.4. The second kappa shape index (κ2) is 4.72. The fourth-order valence-electron chi connectivity index (χ4n) is 1.98. The maximum absolute atomic E-state index is 11.6. The molecule has 0 bridgehead atoms. The van der Waals surface area contributed by atoms with Crippen LogP contribution in [0.15, 0.2) is 39.9 Å². The molecule has 0 saturated carbocycles. The average Bonchev–Trinajstić information content (AvgIpc) is 2.85. The van der Waals surface area contributed by atoms with E-state index in [9.17, 15) is 9.90 Å². The lowest BCUT2D eigenvalue weighted by atomic mass is 10.0. The largest absolute Gasteiger partial charge is 0.510 e. The van der Waals surface area contributed by atoms with Crippen LogP contribution in [0.25, 0.3) is 0 Å². The molecule has 19 heavy (non-hydrogen) atoms. The highest BCUT2D eigenvalue weighted by molar-refractivity contribution is 5.96. The molecule has 0 saturated heterocycles. The molecule has 6 nitrogen and oxygen atoms in total. The zero-order chi connectivity index (χ0) is 13.2. The van der Waals surface area contributed by atoms with Crippen molar-refractivity contribution < 1.29 is 19.4 Å². The highest BCUT2D eigenvalue weighted by atomic mass is 16.7. The van der Waals surface area contributed by atoms with E-state index < -0.39 is 0 Å². The Bertz CT molecular complexity index is 592. The van der Waals surface area contributed by atoms with Gasteiger partial charge >= 0.3 is 0 Å². The van der Waals surface area contributed by atoms with Crippen LogP contribution in [0, 0.1) is 0 Å². The van der Waals surface area contributed by atoms with E-state index in [2.05, 4.69) is 10.2 Å². The number of azo groups is 1. The Balaban J connectivity index is 1.85. The van der Waals surface area contributed by atoms with E-state index in [1.165, 1.54) is 0 Å². The lowest BCUT2D eigenvalue weighted by molar-refractivity contribution is -0.116. The molecule has 0 spiro atoms. The number of ketones is 1. The number of nitrogens with zero attached hydrogens (tertiary/aromatic N) is 2. The molecule has 1 aliphatic heterocycles. The molecule has 0 fully saturated rings. The third-order valence-electron chi connectivity index (χ3n) is 2.98. The summed E-state index contributed by atoms with van der Waals surface area (Å²) >= 11 is 0. The monoisotopic (exact) mass is 260 g/mol. The average molecular weight is 260 g/mol. The van der Waals surface area contributed by atoms with Crippen molar-refractivity contribution in [3.05, 3.63) is 29.7 Å². The Morgan fingerprint density at radius 3 is 2.79 bits per heavy atom. The molecule has 1 aromatic carbocycles. The first kappa shape index (κ1) is 11.7. The number of carbonyl (C=O) groups is 1. The topological polar surface area (TPSA) is 80.5 Å². The molecular formula is C13H12N2O4. The quantitative estimate of drug-likeness (QED) is 0.829. The number of hydrogen-bond donors (Lipinski definition) is 1. The molecule has 2 aliphatic rings. The highest BCUT2D eigenvalue weighted by Gasteiger charge is 2.20. The molecule has 98 valence electrons. The number of benzene rings is 1. The molecule has 1 heterocycles. The number of aliphatic hydroxyl groups is 1. The highest BCUT2D eigenvalue weighted by Crippen LogP contribution is 2.35. The summed E-state index contributed by atoms with van der Waals surface area (Å²) in [5.41, 5.74) is 0.604. The van der Waals surface area contributed by atoms with Crippen molar-refractivity contribution in [2.75, 3.05) is 6.79 Å². The number of aliphatic hydroxyl groups excluding tert-OH is 1. The van der Waals surface area contributed by atoms with Crippen molar-refractivity contribution in [3.63, 3.8) is 0 Å². The van der Waals surface area contributed by atoms with Gasteiger partial charge in [-0.1, -0.05) is 0 Å². The van der Waals surface area contributed by atoms with Crippen molar-refractivity contribution in [1.82, 2.24) is 0 Å². The van der Waals surface area contributed by atoms with Crippen LogP contribution in [0.3, 0.4) is 0 Å². The van der Waals surface area contributed by atoms with Gasteiger partial charge in [0.15, 0.2) is 23.0 Å². The smallest absolute Gasteiger partial charge is 0.231 e. The Morgan fingerprint density at radius 1 is 1.11 bits per heavy atom. The Morgan fingerprint density at radius 2 is 1.95 bits per heavy atom. The van der Waals surface area contributed by atoms with Crippen LogP contribution in [0.5, 0.6) is 11.5 Å². The lowest BCUT2D eigenvalue weighted by Gasteiger charge is -2.09.